The monoisotopic (exact) mass is 621 g/mol. The van der Waals surface area contributed by atoms with Gasteiger partial charge in [-0.3, -0.25) is 9.89 Å². The number of hydrogen-bond acceptors (Lipinski definition) is 10. The third-order valence-electron chi connectivity index (χ3n) is 8.78. The Hall–Kier alpha value is -2.84. The quantitative estimate of drug-likeness (QED) is 0.273. The van der Waals surface area contributed by atoms with Gasteiger partial charge in [-0.05, 0) is 44.0 Å². The van der Waals surface area contributed by atoms with Crippen LogP contribution in [-0.4, -0.2) is 94.4 Å². The van der Waals surface area contributed by atoms with E-state index in [9.17, 15) is 19.4 Å². The number of aromatic nitrogens is 1. The second-order valence-electron chi connectivity index (χ2n) is 12.1. The van der Waals surface area contributed by atoms with Gasteiger partial charge < -0.3 is 25.2 Å². The Morgan fingerprint density at radius 1 is 1.30 bits per heavy atom. The summed E-state index contributed by atoms with van der Waals surface area (Å²) in [5.41, 5.74) is 0.540. The third kappa shape index (κ3) is 6.37. The highest BCUT2D eigenvalue weighted by molar-refractivity contribution is 7.11. The number of aliphatic imine (C=N–C) groups is 1. The van der Waals surface area contributed by atoms with Gasteiger partial charge in [0.05, 0.1) is 24.6 Å². The predicted molar refractivity (Wildman–Crippen MR) is 156 cm³/mol. The van der Waals surface area contributed by atoms with Crippen LogP contribution >= 0.6 is 11.3 Å². The van der Waals surface area contributed by atoms with Crippen LogP contribution in [0.5, 0.6) is 0 Å². The maximum Gasteiger partial charge on any atom is 0.338 e. The molecule has 3 aliphatic heterocycles. The summed E-state index contributed by atoms with van der Waals surface area (Å²) >= 11 is 1.33. The predicted octanol–water partition coefficient (Wildman–Crippen LogP) is 3.48. The van der Waals surface area contributed by atoms with Crippen molar-refractivity contribution >= 4 is 23.1 Å². The number of thiazole rings is 1. The Balaban J connectivity index is 1.50. The van der Waals surface area contributed by atoms with E-state index in [0.717, 1.165) is 0 Å². The van der Waals surface area contributed by atoms with Gasteiger partial charge in [0.2, 0.25) is 0 Å². The first kappa shape index (κ1) is 31.6. The number of benzene rings is 1. The van der Waals surface area contributed by atoms with Crippen LogP contribution in [-0.2, 0) is 9.53 Å². The van der Waals surface area contributed by atoms with E-state index in [2.05, 4.69) is 10.3 Å². The van der Waals surface area contributed by atoms with Crippen molar-refractivity contribution in [1.29, 1.82) is 0 Å². The number of aliphatic hydroxyl groups excluding tert-OH is 1. The summed E-state index contributed by atoms with van der Waals surface area (Å²) in [4.78, 5) is 26.3. The van der Waals surface area contributed by atoms with E-state index in [4.69, 9.17) is 9.73 Å². The largest absolute Gasteiger partial charge is 0.463 e. The molecule has 0 bridgehead atoms. The van der Waals surface area contributed by atoms with Gasteiger partial charge in [-0.15, -0.1) is 11.3 Å². The number of alkyl halides is 2. The molecule has 4 heterocycles. The fourth-order valence-electron chi connectivity index (χ4n) is 6.05. The van der Waals surface area contributed by atoms with Crippen LogP contribution in [0.3, 0.4) is 0 Å². The van der Waals surface area contributed by atoms with Crippen molar-refractivity contribution in [3.05, 3.63) is 63.0 Å². The highest BCUT2D eigenvalue weighted by atomic mass is 32.1. The Labute approximate surface area is 253 Å². The molecule has 2 fully saturated rings. The standard InChI is InChI=1S/C30H38F3N5O4S/c1-5-42-27(39)23-21(35-25(26-34-10-12-43-26)36-24(23)18-7-6-8-20(31)17(18)2)14-38-16-30(32,33)19-13-37(15-22(19)38)11-9-29(3,4)28(40)41/h6-8,10,12,19,22,24,28,40-41H,5,9,11,13-16H2,1-4H3,(H,35,36). The van der Waals surface area contributed by atoms with E-state index in [1.165, 1.54) is 17.4 Å². The van der Waals surface area contributed by atoms with Gasteiger partial charge in [-0.2, -0.15) is 0 Å². The first-order valence-corrected chi connectivity index (χ1v) is 15.3. The van der Waals surface area contributed by atoms with Gasteiger partial charge in [0, 0.05) is 48.4 Å². The molecule has 13 heteroatoms. The molecular formula is C30H38F3N5O4S. The number of hydrogen-bond donors (Lipinski definition) is 3. The average Bonchev–Trinajstić information content (AvgIpc) is 3.68. The van der Waals surface area contributed by atoms with E-state index < -0.39 is 54.0 Å². The number of esters is 1. The molecule has 3 aliphatic rings. The molecular weight excluding hydrogens is 583 g/mol. The molecule has 43 heavy (non-hydrogen) atoms. The molecule has 0 aliphatic carbocycles. The summed E-state index contributed by atoms with van der Waals surface area (Å²) in [7, 11) is 0. The zero-order valence-electron chi connectivity index (χ0n) is 24.7. The second kappa shape index (κ2) is 12.3. The number of fused-ring (bicyclic) bond motifs is 1. The van der Waals surface area contributed by atoms with Crippen LogP contribution in [0.2, 0.25) is 0 Å². The third-order valence-corrected chi connectivity index (χ3v) is 9.56. The van der Waals surface area contributed by atoms with Crippen molar-refractivity contribution < 1.29 is 32.9 Å². The number of nitrogens with zero attached hydrogens (tertiary/aromatic N) is 4. The van der Waals surface area contributed by atoms with Crippen LogP contribution in [0.1, 0.15) is 49.4 Å². The number of amidine groups is 1. The zero-order valence-corrected chi connectivity index (χ0v) is 25.5. The topological polar surface area (TPSA) is 111 Å². The van der Waals surface area contributed by atoms with Crippen molar-refractivity contribution in [3.8, 4) is 0 Å². The smallest absolute Gasteiger partial charge is 0.338 e. The van der Waals surface area contributed by atoms with Crippen LogP contribution in [0.25, 0.3) is 0 Å². The van der Waals surface area contributed by atoms with Gasteiger partial charge in [-0.1, -0.05) is 26.0 Å². The van der Waals surface area contributed by atoms with Crippen molar-refractivity contribution in [2.45, 2.75) is 58.4 Å². The fourth-order valence-corrected chi connectivity index (χ4v) is 6.64. The molecule has 9 nitrogen and oxygen atoms in total. The summed E-state index contributed by atoms with van der Waals surface area (Å²) in [6.45, 7) is 7.35. The molecule has 1 aromatic carbocycles. The Morgan fingerprint density at radius 2 is 2.07 bits per heavy atom. The van der Waals surface area contributed by atoms with Crippen molar-refractivity contribution in [3.63, 3.8) is 0 Å². The Bertz CT molecular complexity index is 1400. The van der Waals surface area contributed by atoms with Gasteiger partial charge in [0.1, 0.15) is 11.9 Å². The summed E-state index contributed by atoms with van der Waals surface area (Å²) < 4.78 is 51.0. The lowest BCUT2D eigenvalue weighted by Gasteiger charge is -2.32. The average molecular weight is 622 g/mol. The lowest BCUT2D eigenvalue weighted by Crippen LogP contribution is -2.43. The molecule has 3 unspecified atom stereocenters. The van der Waals surface area contributed by atoms with Crippen molar-refractivity contribution in [2.24, 2.45) is 16.3 Å². The van der Waals surface area contributed by atoms with E-state index >= 15 is 8.78 Å². The minimum absolute atomic E-state index is 0.00511. The van der Waals surface area contributed by atoms with Crippen LogP contribution in [0, 0.1) is 24.1 Å². The van der Waals surface area contributed by atoms with Gasteiger partial charge in [0.15, 0.2) is 17.1 Å². The van der Waals surface area contributed by atoms with Gasteiger partial charge in [0.25, 0.3) is 5.92 Å². The number of aliphatic hydroxyl groups is 2. The molecule has 2 saturated heterocycles. The molecule has 0 spiro atoms. The molecule has 3 atom stereocenters. The van der Waals surface area contributed by atoms with Crippen LogP contribution in [0.15, 0.2) is 46.0 Å². The second-order valence-corrected chi connectivity index (χ2v) is 13.0. The van der Waals surface area contributed by atoms with Crippen LogP contribution < -0.4 is 5.32 Å². The summed E-state index contributed by atoms with van der Waals surface area (Å²) in [6, 6.07) is 3.16. The molecule has 0 saturated carbocycles. The number of halogens is 3. The Kier molecular flexibility index (Phi) is 9.01. The maximum absolute atomic E-state index is 15.4. The SMILES string of the molecule is CCOC(=O)C1=C(CN2CC(F)(F)C3CN(CCC(C)(C)C(O)O)CC32)NC(c2nccs2)=NC1c1cccc(F)c1C. The summed E-state index contributed by atoms with van der Waals surface area (Å²) in [5.74, 6) is -4.61. The summed E-state index contributed by atoms with van der Waals surface area (Å²) in [5, 5.41) is 24.9. The lowest BCUT2D eigenvalue weighted by molar-refractivity contribution is -0.139. The molecule has 5 rings (SSSR count). The van der Waals surface area contributed by atoms with E-state index in [-0.39, 0.29) is 25.3 Å². The molecule has 0 radical (unpaired) electrons. The first-order chi connectivity index (χ1) is 20.3. The number of carbonyl (C=O) groups excluding carboxylic acids is 1. The Morgan fingerprint density at radius 3 is 2.74 bits per heavy atom. The highest BCUT2D eigenvalue weighted by Gasteiger charge is 2.58. The number of rotatable bonds is 10. The van der Waals surface area contributed by atoms with E-state index in [1.54, 1.807) is 56.3 Å². The number of ether oxygens (including phenoxy) is 1. The van der Waals surface area contributed by atoms with Crippen LogP contribution in [0.4, 0.5) is 13.2 Å². The molecule has 2 aromatic rings. The minimum atomic E-state index is -2.96. The normalized spacial score (nSPS) is 24.3. The lowest BCUT2D eigenvalue weighted by atomic mass is 9.88. The number of carbonyl (C=O) groups is 1. The first-order valence-electron chi connectivity index (χ1n) is 14.4. The van der Waals surface area contributed by atoms with Gasteiger partial charge in [-0.25, -0.2) is 22.9 Å². The number of likely N-dealkylation sites (tertiary alicyclic amines) is 2. The summed E-state index contributed by atoms with van der Waals surface area (Å²) in [6.07, 6.45) is 0.534. The maximum atomic E-state index is 15.4. The number of nitrogens with one attached hydrogen (secondary N) is 1. The van der Waals surface area contributed by atoms with E-state index in [1.807, 2.05) is 4.90 Å². The molecule has 3 N–H and O–H groups in total. The molecule has 0 amide bonds. The van der Waals surface area contributed by atoms with E-state index in [0.29, 0.717) is 47.2 Å². The van der Waals surface area contributed by atoms with Crippen molar-refractivity contribution in [1.82, 2.24) is 20.1 Å². The minimum Gasteiger partial charge on any atom is -0.463 e. The fraction of sp³-hybridized carbons (Fsp3) is 0.567. The van der Waals surface area contributed by atoms with Gasteiger partial charge >= 0.3 is 5.97 Å². The van der Waals surface area contributed by atoms with Crippen molar-refractivity contribution in [2.75, 3.05) is 39.3 Å². The molecule has 1 aromatic heterocycles. The molecule has 234 valence electrons. The highest BCUT2D eigenvalue weighted by Crippen LogP contribution is 2.44. The zero-order chi connectivity index (χ0) is 31.1.